The first-order valence-electron chi connectivity index (χ1n) is 5.50. The van der Waals surface area contributed by atoms with Crippen LogP contribution in [0.25, 0.3) is 0 Å². The van der Waals surface area contributed by atoms with E-state index in [0.29, 0.717) is 5.75 Å². The Balaban J connectivity index is 0.000000200. The van der Waals surface area contributed by atoms with Gasteiger partial charge in [0.05, 0.1) is 0 Å². The molecule has 0 saturated heterocycles. The van der Waals surface area contributed by atoms with Gasteiger partial charge < -0.3 is 24.8 Å². The summed E-state index contributed by atoms with van der Waals surface area (Å²) in [7, 11) is 1.56. The first-order valence-corrected chi connectivity index (χ1v) is 5.50. The SMILES string of the molecule is COCOc1ccc(O)cc1.Oc1ccc(O)cc1. The lowest BCUT2D eigenvalue weighted by Gasteiger charge is -2.02. The fourth-order valence-electron chi connectivity index (χ4n) is 1.12. The van der Waals surface area contributed by atoms with Crippen molar-refractivity contribution in [3.05, 3.63) is 48.5 Å². The molecule has 0 radical (unpaired) electrons. The monoisotopic (exact) mass is 264 g/mol. The number of phenols is 3. The van der Waals surface area contributed by atoms with Crippen molar-refractivity contribution in [3.63, 3.8) is 0 Å². The highest BCUT2D eigenvalue weighted by atomic mass is 16.7. The number of hydrogen-bond acceptors (Lipinski definition) is 5. The second-order valence-electron chi connectivity index (χ2n) is 3.56. The molecule has 2 aromatic rings. The van der Waals surface area contributed by atoms with Crippen LogP contribution >= 0.6 is 0 Å². The van der Waals surface area contributed by atoms with Crippen molar-refractivity contribution < 1.29 is 24.8 Å². The standard InChI is InChI=1S/C8H10O3.C6H6O2/c1-10-6-11-8-4-2-7(9)3-5-8;7-5-1-2-6(8)4-3-5/h2-5,9H,6H2,1H3;1-4,7-8H. The molecular weight excluding hydrogens is 248 g/mol. The van der Waals surface area contributed by atoms with E-state index < -0.39 is 0 Å². The second kappa shape index (κ2) is 7.84. The van der Waals surface area contributed by atoms with Gasteiger partial charge in [0.1, 0.15) is 23.0 Å². The zero-order chi connectivity index (χ0) is 14.1. The van der Waals surface area contributed by atoms with Gasteiger partial charge >= 0.3 is 0 Å². The van der Waals surface area contributed by atoms with Crippen molar-refractivity contribution in [1.82, 2.24) is 0 Å². The Morgan fingerprint density at radius 2 is 1.11 bits per heavy atom. The topological polar surface area (TPSA) is 79.2 Å². The first-order chi connectivity index (χ1) is 9.11. The molecule has 5 nitrogen and oxygen atoms in total. The third-order valence-electron chi connectivity index (χ3n) is 2.03. The molecule has 0 atom stereocenters. The molecule has 102 valence electrons. The molecule has 2 rings (SSSR count). The van der Waals surface area contributed by atoms with E-state index >= 15 is 0 Å². The van der Waals surface area contributed by atoms with E-state index in [1.807, 2.05) is 0 Å². The molecule has 0 unspecified atom stereocenters. The first kappa shape index (κ1) is 14.7. The third-order valence-corrected chi connectivity index (χ3v) is 2.03. The highest BCUT2D eigenvalue weighted by Crippen LogP contribution is 2.15. The number of ether oxygens (including phenoxy) is 2. The number of aromatic hydroxyl groups is 3. The van der Waals surface area contributed by atoms with Crippen molar-refractivity contribution in [3.8, 4) is 23.0 Å². The molecule has 19 heavy (non-hydrogen) atoms. The van der Waals surface area contributed by atoms with Crippen molar-refractivity contribution in [2.45, 2.75) is 0 Å². The van der Waals surface area contributed by atoms with Gasteiger partial charge in [-0.3, -0.25) is 0 Å². The summed E-state index contributed by atoms with van der Waals surface area (Å²) in [5, 5.41) is 26.2. The Bertz CT molecular complexity index is 443. The summed E-state index contributed by atoms with van der Waals surface area (Å²) in [5.41, 5.74) is 0. The van der Waals surface area contributed by atoms with Gasteiger partial charge in [0, 0.05) is 7.11 Å². The molecule has 0 saturated carbocycles. The van der Waals surface area contributed by atoms with E-state index in [0.717, 1.165) is 0 Å². The molecule has 2 aromatic carbocycles. The normalized spacial score (nSPS) is 9.32. The second-order valence-corrected chi connectivity index (χ2v) is 3.56. The molecule has 0 aromatic heterocycles. The summed E-state index contributed by atoms with van der Waals surface area (Å²) in [6.45, 7) is 0.227. The molecule has 5 heteroatoms. The Morgan fingerprint density at radius 1 is 0.737 bits per heavy atom. The summed E-state index contributed by atoms with van der Waals surface area (Å²) in [6, 6.07) is 12.2. The number of hydrogen-bond donors (Lipinski definition) is 3. The van der Waals surface area contributed by atoms with Gasteiger partial charge in [-0.2, -0.15) is 0 Å². The van der Waals surface area contributed by atoms with Gasteiger partial charge in [0.25, 0.3) is 0 Å². The maximum atomic E-state index is 8.90. The van der Waals surface area contributed by atoms with Crippen LogP contribution in [0.4, 0.5) is 0 Å². The maximum absolute atomic E-state index is 8.90. The van der Waals surface area contributed by atoms with Crippen LogP contribution in [0, 0.1) is 0 Å². The average molecular weight is 264 g/mol. The van der Waals surface area contributed by atoms with Crippen molar-refractivity contribution >= 4 is 0 Å². The average Bonchev–Trinajstić information content (AvgIpc) is 2.42. The molecule has 3 N–H and O–H groups in total. The quantitative estimate of drug-likeness (QED) is 0.586. The van der Waals surface area contributed by atoms with E-state index in [2.05, 4.69) is 0 Å². The molecule has 0 aliphatic carbocycles. The maximum Gasteiger partial charge on any atom is 0.188 e. The lowest BCUT2D eigenvalue weighted by Crippen LogP contribution is -1.97. The minimum absolute atomic E-state index is 0.169. The van der Waals surface area contributed by atoms with Crippen LogP contribution < -0.4 is 4.74 Å². The Labute approximate surface area is 111 Å². The molecule has 0 amide bonds. The van der Waals surface area contributed by atoms with Gasteiger partial charge in [-0.05, 0) is 48.5 Å². The van der Waals surface area contributed by atoms with Crippen LogP contribution in [0.15, 0.2) is 48.5 Å². The van der Waals surface area contributed by atoms with E-state index in [1.165, 1.54) is 24.3 Å². The molecular formula is C14H16O5. The van der Waals surface area contributed by atoms with Crippen LogP contribution in [0.3, 0.4) is 0 Å². The van der Waals surface area contributed by atoms with Crippen molar-refractivity contribution in [2.24, 2.45) is 0 Å². The fraction of sp³-hybridized carbons (Fsp3) is 0.143. The van der Waals surface area contributed by atoms with E-state index in [-0.39, 0.29) is 24.0 Å². The van der Waals surface area contributed by atoms with Gasteiger partial charge in [0.2, 0.25) is 0 Å². The fourth-order valence-corrected chi connectivity index (χ4v) is 1.12. The van der Waals surface area contributed by atoms with Gasteiger partial charge in [-0.25, -0.2) is 0 Å². The summed E-state index contributed by atoms with van der Waals surface area (Å²) in [4.78, 5) is 0. The predicted octanol–water partition coefficient (Wildman–Crippen LogP) is 2.47. The highest BCUT2D eigenvalue weighted by Gasteiger charge is 1.91. The Morgan fingerprint density at radius 3 is 1.47 bits per heavy atom. The van der Waals surface area contributed by atoms with Crippen molar-refractivity contribution in [1.29, 1.82) is 0 Å². The Hall–Kier alpha value is -2.40. The lowest BCUT2D eigenvalue weighted by molar-refractivity contribution is 0.0511. The zero-order valence-corrected chi connectivity index (χ0v) is 10.5. The van der Waals surface area contributed by atoms with Gasteiger partial charge in [0.15, 0.2) is 6.79 Å². The van der Waals surface area contributed by atoms with Crippen LogP contribution in [0.1, 0.15) is 0 Å². The largest absolute Gasteiger partial charge is 0.508 e. The van der Waals surface area contributed by atoms with E-state index in [1.54, 1.807) is 31.4 Å². The molecule has 0 aliphatic rings. The van der Waals surface area contributed by atoms with Gasteiger partial charge in [-0.1, -0.05) is 0 Å². The summed E-state index contributed by atoms with van der Waals surface area (Å²) in [6.07, 6.45) is 0. The highest BCUT2D eigenvalue weighted by molar-refractivity contribution is 5.30. The molecule has 0 heterocycles. The minimum atomic E-state index is 0.169. The molecule has 0 fully saturated rings. The van der Waals surface area contributed by atoms with E-state index in [4.69, 9.17) is 24.8 Å². The van der Waals surface area contributed by atoms with Crippen LogP contribution in [0.5, 0.6) is 23.0 Å². The molecule has 0 spiro atoms. The number of phenolic OH excluding ortho intramolecular Hbond substituents is 3. The number of benzene rings is 2. The predicted molar refractivity (Wildman–Crippen MR) is 70.4 cm³/mol. The van der Waals surface area contributed by atoms with Crippen LogP contribution in [-0.4, -0.2) is 29.2 Å². The third kappa shape index (κ3) is 6.18. The van der Waals surface area contributed by atoms with E-state index in [9.17, 15) is 0 Å². The van der Waals surface area contributed by atoms with Crippen molar-refractivity contribution in [2.75, 3.05) is 13.9 Å². The number of methoxy groups -OCH3 is 1. The Kier molecular flexibility index (Phi) is 6.05. The lowest BCUT2D eigenvalue weighted by atomic mass is 10.3. The summed E-state index contributed by atoms with van der Waals surface area (Å²) >= 11 is 0. The van der Waals surface area contributed by atoms with Crippen LogP contribution in [-0.2, 0) is 4.74 Å². The minimum Gasteiger partial charge on any atom is -0.508 e. The van der Waals surface area contributed by atoms with Gasteiger partial charge in [-0.15, -0.1) is 0 Å². The summed E-state index contributed by atoms with van der Waals surface area (Å²) in [5.74, 6) is 1.25. The smallest absolute Gasteiger partial charge is 0.188 e. The zero-order valence-electron chi connectivity index (χ0n) is 10.5. The number of rotatable bonds is 3. The molecule has 0 bridgehead atoms. The summed E-state index contributed by atoms with van der Waals surface area (Å²) < 4.78 is 9.77. The van der Waals surface area contributed by atoms with Crippen LogP contribution in [0.2, 0.25) is 0 Å². The molecule has 0 aliphatic heterocycles.